The van der Waals surface area contributed by atoms with Gasteiger partial charge in [-0.1, -0.05) is 18.2 Å². The third-order valence-electron chi connectivity index (χ3n) is 1.94. The molecule has 0 unspecified atom stereocenters. The van der Waals surface area contributed by atoms with Crippen LogP contribution in [0.25, 0.3) is 0 Å². The van der Waals surface area contributed by atoms with E-state index in [0.717, 1.165) is 0 Å². The van der Waals surface area contributed by atoms with Gasteiger partial charge in [-0.05, 0) is 13.0 Å². The van der Waals surface area contributed by atoms with Crippen LogP contribution in [0.3, 0.4) is 0 Å². The first-order chi connectivity index (χ1) is 8.27. The first kappa shape index (κ1) is 13.5. The molecule has 0 fully saturated rings. The number of rotatable bonds is 7. The van der Waals surface area contributed by atoms with Gasteiger partial charge in [0.1, 0.15) is 6.61 Å². The van der Waals surface area contributed by atoms with Crippen LogP contribution in [-0.4, -0.2) is 30.9 Å². The molecule has 1 aromatic carbocycles. The zero-order chi connectivity index (χ0) is 12.5. The van der Waals surface area contributed by atoms with Crippen molar-refractivity contribution < 1.29 is 24.4 Å². The van der Waals surface area contributed by atoms with Gasteiger partial charge < -0.3 is 14.7 Å². The monoisotopic (exact) mass is 240 g/mol. The van der Waals surface area contributed by atoms with Gasteiger partial charge in [-0.15, -0.1) is 0 Å². The van der Waals surface area contributed by atoms with Gasteiger partial charge in [0.25, 0.3) is 0 Å². The van der Waals surface area contributed by atoms with Gasteiger partial charge in [0.05, 0.1) is 19.6 Å². The first-order valence-electron chi connectivity index (χ1n) is 5.41. The van der Waals surface area contributed by atoms with Gasteiger partial charge in [-0.25, -0.2) is 0 Å². The second kappa shape index (κ2) is 7.65. The Hall–Kier alpha value is -1.59. The predicted molar refractivity (Wildman–Crippen MR) is 60.4 cm³/mol. The highest BCUT2D eigenvalue weighted by molar-refractivity contribution is 5.73. The van der Waals surface area contributed by atoms with Gasteiger partial charge in [-0.3, -0.25) is 4.79 Å². The number of hydrogen-bond donors (Lipinski definition) is 1. The van der Waals surface area contributed by atoms with E-state index in [1.807, 2.05) is 0 Å². The summed E-state index contributed by atoms with van der Waals surface area (Å²) in [5.74, 6) is 0.139. The molecule has 94 valence electrons. The summed E-state index contributed by atoms with van der Waals surface area (Å²) in [4.78, 5) is 21.1. The Kier molecular flexibility index (Phi) is 6.06. The van der Waals surface area contributed by atoms with Crippen molar-refractivity contribution in [1.29, 1.82) is 0 Å². The number of aliphatic hydroxyl groups excluding tert-OH is 1. The third kappa shape index (κ3) is 4.84. The normalized spacial score (nSPS) is 10.0. The molecule has 1 aromatic rings. The number of hydrogen-bond acceptors (Lipinski definition) is 5. The Morgan fingerprint density at radius 1 is 1.35 bits per heavy atom. The van der Waals surface area contributed by atoms with Crippen molar-refractivity contribution in [3.05, 3.63) is 29.8 Å². The number of para-hydroxylation sites is 1. The zero-order valence-corrected chi connectivity index (χ0v) is 9.72. The lowest BCUT2D eigenvalue weighted by Gasteiger charge is -2.08. The molecule has 0 radical (unpaired) electrons. The van der Waals surface area contributed by atoms with Crippen LogP contribution in [0.5, 0.6) is 5.75 Å². The number of aliphatic hydroxyl groups is 1. The van der Waals surface area contributed by atoms with E-state index >= 15 is 0 Å². The third-order valence-corrected chi connectivity index (χ3v) is 1.94. The highest BCUT2D eigenvalue weighted by Gasteiger charge is 2.09. The summed E-state index contributed by atoms with van der Waals surface area (Å²) in [5.41, 5.74) is 0.684. The maximum atomic E-state index is 11.3. The molecule has 0 amide bonds. The molecule has 1 N–H and O–H groups in total. The minimum absolute atomic E-state index is 0.0771. The lowest BCUT2D eigenvalue weighted by molar-refractivity contribution is -0.212. The van der Waals surface area contributed by atoms with Crippen molar-refractivity contribution in [2.75, 3.05) is 19.8 Å². The second-order valence-corrected chi connectivity index (χ2v) is 3.22. The molecule has 5 nitrogen and oxygen atoms in total. The average molecular weight is 240 g/mol. The molecule has 0 aliphatic carbocycles. The Labute approximate surface area is 99.8 Å². The number of esters is 1. The molecule has 0 aromatic heterocycles. The van der Waals surface area contributed by atoms with Crippen LogP contribution >= 0.6 is 0 Å². The van der Waals surface area contributed by atoms with Crippen LogP contribution in [0, 0.1) is 0 Å². The van der Waals surface area contributed by atoms with Crippen molar-refractivity contribution in [2.45, 2.75) is 13.3 Å². The van der Waals surface area contributed by atoms with E-state index in [4.69, 9.17) is 19.6 Å². The minimum atomic E-state index is -0.314. The fourth-order valence-corrected chi connectivity index (χ4v) is 1.24. The van der Waals surface area contributed by atoms with E-state index in [9.17, 15) is 4.79 Å². The Bertz CT molecular complexity index is 351. The Morgan fingerprint density at radius 3 is 2.82 bits per heavy atom. The van der Waals surface area contributed by atoms with E-state index in [0.29, 0.717) is 17.9 Å². The van der Waals surface area contributed by atoms with Crippen molar-refractivity contribution >= 4 is 5.97 Å². The molecule has 0 saturated heterocycles. The van der Waals surface area contributed by atoms with Crippen LogP contribution in [0.2, 0.25) is 0 Å². The summed E-state index contributed by atoms with van der Waals surface area (Å²) in [7, 11) is 0. The van der Waals surface area contributed by atoms with Crippen LogP contribution in [0.15, 0.2) is 24.3 Å². The van der Waals surface area contributed by atoms with Crippen LogP contribution in [-0.2, 0) is 20.8 Å². The van der Waals surface area contributed by atoms with Gasteiger partial charge in [-0.2, -0.15) is 4.89 Å². The number of carbonyl (C=O) groups is 1. The fraction of sp³-hybridized carbons (Fsp3) is 0.417. The van der Waals surface area contributed by atoms with E-state index in [-0.39, 0.29) is 25.6 Å². The van der Waals surface area contributed by atoms with E-state index in [2.05, 4.69) is 0 Å². The summed E-state index contributed by atoms with van der Waals surface area (Å²) in [6.07, 6.45) is 0.131. The number of ether oxygens (including phenoxy) is 1. The molecule has 1 rings (SSSR count). The summed E-state index contributed by atoms with van der Waals surface area (Å²) < 4.78 is 4.85. The molecule has 0 heterocycles. The summed E-state index contributed by atoms with van der Waals surface area (Å²) in [6, 6.07) is 7.01. The molecule has 5 heteroatoms. The molecule has 0 atom stereocenters. The fourth-order valence-electron chi connectivity index (χ4n) is 1.24. The molecule has 0 saturated carbocycles. The number of benzene rings is 1. The first-order valence-corrected chi connectivity index (χ1v) is 5.41. The molecular weight excluding hydrogens is 224 g/mol. The maximum absolute atomic E-state index is 11.3. The van der Waals surface area contributed by atoms with E-state index in [1.54, 1.807) is 31.2 Å². The number of carbonyl (C=O) groups excluding carboxylic acids is 1. The molecule has 0 aliphatic heterocycles. The van der Waals surface area contributed by atoms with E-state index in [1.165, 1.54) is 0 Å². The SMILES string of the molecule is CCOC(=O)Cc1ccccc1OOCCO. The second-order valence-electron chi connectivity index (χ2n) is 3.22. The topological polar surface area (TPSA) is 65.0 Å². The van der Waals surface area contributed by atoms with Gasteiger partial charge in [0.2, 0.25) is 0 Å². The highest BCUT2D eigenvalue weighted by atomic mass is 17.2. The Morgan fingerprint density at radius 2 is 2.12 bits per heavy atom. The Balaban J connectivity index is 2.60. The summed E-state index contributed by atoms with van der Waals surface area (Å²) in [6.45, 7) is 2.06. The average Bonchev–Trinajstić information content (AvgIpc) is 2.32. The molecule has 17 heavy (non-hydrogen) atoms. The van der Waals surface area contributed by atoms with E-state index < -0.39 is 0 Å². The van der Waals surface area contributed by atoms with Crippen LogP contribution in [0.4, 0.5) is 0 Å². The van der Waals surface area contributed by atoms with Gasteiger partial charge in [0, 0.05) is 5.56 Å². The van der Waals surface area contributed by atoms with Crippen LogP contribution in [0.1, 0.15) is 12.5 Å². The maximum Gasteiger partial charge on any atom is 0.310 e. The smallest absolute Gasteiger partial charge is 0.310 e. The standard InChI is InChI=1S/C12H16O5/c1-2-15-12(14)9-10-5-3-4-6-11(10)17-16-8-7-13/h3-6,13H,2,7-9H2,1H3. The molecule has 0 spiro atoms. The molecular formula is C12H16O5. The van der Waals surface area contributed by atoms with Crippen molar-refractivity contribution in [2.24, 2.45) is 0 Å². The van der Waals surface area contributed by atoms with Crippen molar-refractivity contribution in [3.8, 4) is 5.75 Å². The summed E-state index contributed by atoms with van der Waals surface area (Å²) in [5, 5.41) is 8.55. The molecule has 0 aliphatic rings. The van der Waals surface area contributed by atoms with Gasteiger partial charge >= 0.3 is 5.97 Å². The summed E-state index contributed by atoms with van der Waals surface area (Å²) >= 11 is 0. The largest absolute Gasteiger partial charge is 0.466 e. The lowest BCUT2D eigenvalue weighted by Crippen LogP contribution is -2.10. The van der Waals surface area contributed by atoms with Crippen molar-refractivity contribution in [3.63, 3.8) is 0 Å². The highest BCUT2D eigenvalue weighted by Crippen LogP contribution is 2.19. The van der Waals surface area contributed by atoms with Crippen molar-refractivity contribution in [1.82, 2.24) is 0 Å². The molecule has 0 bridgehead atoms. The lowest BCUT2D eigenvalue weighted by atomic mass is 10.1. The van der Waals surface area contributed by atoms with Gasteiger partial charge in [0.15, 0.2) is 5.75 Å². The minimum Gasteiger partial charge on any atom is -0.466 e. The zero-order valence-electron chi connectivity index (χ0n) is 9.72. The predicted octanol–water partition coefficient (Wildman–Crippen LogP) is 1.09. The van der Waals surface area contributed by atoms with Crippen LogP contribution < -0.4 is 4.89 Å². The quantitative estimate of drug-likeness (QED) is 0.334.